The lowest BCUT2D eigenvalue weighted by atomic mass is 10.2. The summed E-state index contributed by atoms with van der Waals surface area (Å²) < 4.78 is 1.80. The molecule has 0 aliphatic heterocycles. The van der Waals surface area contributed by atoms with Crippen molar-refractivity contribution in [2.24, 2.45) is 0 Å². The van der Waals surface area contributed by atoms with Crippen LogP contribution in [-0.4, -0.2) is 30.6 Å². The first kappa shape index (κ1) is 13.9. The highest BCUT2D eigenvalue weighted by molar-refractivity contribution is 5.92. The Morgan fingerprint density at radius 3 is 2.59 bits per heavy atom. The lowest BCUT2D eigenvalue weighted by molar-refractivity contribution is 0.0945. The Bertz CT molecular complexity index is 766. The van der Waals surface area contributed by atoms with Crippen molar-refractivity contribution in [1.82, 2.24) is 30.0 Å². The summed E-state index contributed by atoms with van der Waals surface area (Å²) in [5.74, 6) is 1.17. The number of imidazole rings is 1. The number of pyridine rings is 1. The number of hydrogen-bond donors (Lipinski definition) is 1. The topological polar surface area (TPSA) is 85.6 Å². The number of nitrogens with zero attached hydrogens (tertiary/aromatic N) is 5. The van der Waals surface area contributed by atoms with Crippen molar-refractivity contribution >= 4 is 5.91 Å². The molecule has 1 amide bonds. The van der Waals surface area contributed by atoms with Crippen LogP contribution in [0.2, 0.25) is 0 Å². The molecule has 0 radical (unpaired) electrons. The zero-order valence-corrected chi connectivity index (χ0v) is 12.0. The quantitative estimate of drug-likeness (QED) is 0.783. The molecule has 7 nitrogen and oxygen atoms in total. The number of aromatic nitrogens is 5. The van der Waals surface area contributed by atoms with Crippen LogP contribution in [0.1, 0.15) is 21.9 Å². The standard InChI is InChI=1S/C15H14N6O/c1-11-17-8-9-21(11)14-3-2-13(19-20-14)15(22)18-10-12-4-6-16-7-5-12/h2-9H,10H2,1H3,(H,18,22). The van der Waals surface area contributed by atoms with Gasteiger partial charge < -0.3 is 5.32 Å². The van der Waals surface area contributed by atoms with Crippen molar-refractivity contribution in [3.63, 3.8) is 0 Å². The van der Waals surface area contributed by atoms with E-state index in [1.54, 1.807) is 41.5 Å². The van der Waals surface area contributed by atoms with E-state index in [0.717, 1.165) is 11.4 Å². The maximum absolute atomic E-state index is 12.0. The fraction of sp³-hybridized carbons (Fsp3) is 0.133. The van der Waals surface area contributed by atoms with Crippen LogP contribution in [0.5, 0.6) is 0 Å². The first-order valence-electron chi connectivity index (χ1n) is 6.75. The molecule has 3 heterocycles. The summed E-state index contributed by atoms with van der Waals surface area (Å²) in [6.07, 6.45) is 6.85. The molecule has 3 rings (SSSR count). The van der Waals surface area contributed by atoms with E-state index in [1.165, 1.54) is 0 Å². The number of carbonyl (C=O) groups excluding carboxylic acids is 1. The van der Waals surface area contributed by atoms with Gasteiger partial charge in [-0.05, 0) is 36.8 Å². The second-order valence-corrected chi connectivity index (χ2v) is 4.66. The summed E-state index contributed by atoms with van der Waals surface area (Å²) in [5, 5.41) is 10.8. The molecule has 22 heavy (non-hydrogen) atoms. The fourth-order valence-corrected chi connectivity index (χ4v) is 1.97. The summed E-state index contributed by atoms with van der Waals surface area (Å²) in [6, 6.07) is 7.07. The van der Waals surface area contributed by atoms with E-state index in [9.17, 15) is 4.79 Å². The average molecular weight is 294 g/mol. The lowest BCUT2D eigenvalue weighted by Gasteiger charge is -2.06. The Kier molecular flexibility index (Phi) is 3.86. The molecule has 0 saturated heterocycles. The zero-order valence-electron chi connectivity index (χ0n) is 12.0. The van der Waals surface area contributed by atoms with Crippen molar-refractivity contribution in [3.05, 3.63) is 66.1 Å². The minimum absolute atomic E-state index is 0.266. The van der Waals surface area contributed by atoms with Crippen LogP contribution in [0.25, 0.3) is 5.82 Å². The molecule has 1 N–H and O–H groups in total. The van der Waals surface area contributed by atoms with Gasteiger partial charge in [-0.15, -0.1) is 10.2 Å². The second kappa shape index (κ2) is 6.13. The van der Waals surface area contributed by atoms with E-state index in [2.05, 4.69) is 25.5 Å². The molecule has 0 unspecified atom stereocenters. The number of hydrogen-bond acceptors (Lipinski definition) is 5. The molecule has 0 saturated carbocycles. The highest BCUT2D eigenvalue weighted by atomic mass is 16.1. The Morgan fingerprint density at radius 1 is 1.14 bits per heavy atom. The van der Waals surface area contributed by atoms with Gasteiger partial charge in [0.1, 0.15) is 5.82 Å². The molecule has 0 aromatic carbocycles. The van der Waals surface area contributed by atoms with Gasteiger partial charge in [-0.2, -0.15) is 0 Å². The van der Waals surface area contributed by atoms with E-state index in [4.69, 9.17) is 0 Å². The lowest BCUT2D eigenvalue weighted by Crippen LogP contribution is -2.24. The van der Waals surface area contributed by atoms with Gasteiger partial charge in [0.05, 0.1) is 0 Å². The van der Waals surface area contributed by atoms with E-state index >= 15 is 0 Å². The van der Waals surface area contributed by atoms with Crippen LogP contribution in [0.4, 0.5) is 0 Å². The molecular formula is C15H14N6O. The summed E-state index contributed by atoms with van der Waals surface area (Å²) in [6.45, 7) is 2.29. The van der Waals surface area contributed by atoms with Crippen molar-refractivity contribution in [3.8, 4) is 5.82 Å². The third-order valence-electron chi connectivity index (χ3n) is 3.16. The summed E-state index contributed by atoms with van der Waals surface area (Å²) in [7, 11) is 0. The number of rotatable bonds is 4. The highest BCUT2D eigenvalue weighted by Crippen LogP contribution is 2.06. The molecule has 3 aromatic heterocycles. The minimum Gasteiger partial charge on any atom is -0.347 e. The van der Waals surface area contributed by atoms with E-state index in [0.29, 0.717) is 12.4 Å². The van der Waals surface area contributed by atoms with Crippen molar-refractivity contribution < 1.29 is 4.79 Å². The smallest absolute Gasteiger partial charge is 0.272 e. The van der Waals surface area contributed by atoms with Crippen molar-refractivity contribution in [2.75, 3.05) is 0 Å². The Hall–Kier alpha value is -3.09. The third kappa shape index (κ3) is 2.98. The SMILES string of the molecule is Cc1nccn1-c1ccc(C(=O)NCc2ccncc2)nn1. The fourth-order valence-electron chi connectivity index (χ4n) is 1.97. The van der Waals surface area contributed by atoms with E-state index < -0.39 is 0 Å². The first-order chi connectivity index (χ1) is 10.7. The van der Waals surface area contributed by atoms with Gasteiger partial charge in [-0.3, -0.25) is 14.3 Å². The molecule has 0 spiro atoms. The second-order valence-electron chi connectivity index (χ2n) is 4.66. The predicted octanol–water partition coefficient (Wildman–Crippen LogP) is 1.30. The third-order valence-corrected chi connectivity index (χ3v) is 3.16. The largest absolute Gasteiger partial charge is 0.347 e. The van der Waals surface area contributed by atoms with Crippen LogP contribution in [0.15, 0.2) is 49.1 Å². The van der Waals surface area contributed by atoms with Gasteiger partial charge in [0.25, 0.3) is 5.91 Å². The number of aryl methyl sites for hydroxylation is 1. The van der Waals surface area contributed by atoms with Gasteiger partial charge in [0.2, 0.25) is 0 Å². The molecule has 0 aliphatic carbocycles. The molecule has 110 valence electrons. The Morgan fingerprint density at radius 2 is 1.95 bits per heavy atom. The van der Waals surface area contributed by atoms with E-state index in [1.807, 2.05) is 19.1 Å². The maximum atomic E-state index is 12.0. The number of amides is 1. The van der Waals surface area contributed by atoms with E-state index in [-0.39, 0.29) is 11.6 Å². The van der Waals surface area contributed by atoms with Gasteiger partial charge in [-0.1, -0.05) is 0 Å². The van der Waals surface area contributed by atoms with Crippen LogP contribution in [0, 0.1) is 6.92 Å². The molecule has 0 atom stereocenters. The molecule has 7 heteroatoms. The highest BCUT2D eigenvalue weighted by Gasteiger charge is 2.09. The van der Waals surface area contributed by atoms with Crippen LogP contribution in [0.3, 0.4) is 0 Å². The van der Waals surface area contributed by atoms with Crippen molar-refractivity contribution in [1.29, 1.82) is 0 Å². The molecule has 3 aromatic rings. The van der Waals surface area contributed by atoms with Crippen LogP contribution in [-0.2, 0) is 6.54 Å². The van der Waals surface area contributed by atoms with Crippen molar-refractivity contribution in [2.45, 2.75) is 13.5 Å². The normalized spacial score (nSPS) is 10.4. The van der Waals surface area contributed by atoms with Gasteiger partial charge in [0.15, 0.2) is 11.5 Å². The van der Waals surface area contributed by atoms with Gasteiger partial charge >= 0.3 is 0 Å². The zero-order chi connectivity index (χ0) is 15.4. The van der Waals surface area contributed by atoms with Gasteiger partial charge in [-0.25, -0.2) is 4.98 Å². The Labute approximate surface area is 127 Å². The maximum Gasteiger partial charge on any atom is 0.272 e. The van der Waals surface area contributed by atoms with Crippen LogP contribution < -0.4 is 5.32 Å². The monoisotopic (exact) mass is 294 g/mol. The Balaban J connectivity index is 1.67. The number of nitrogens with one attached hydrogen (secondary N) is 1. The minimum atomic E-state index is -0.266. The average Bonchev–Trinajstić information content (AvgIpc) is 3.00. The molecule has 0 fully saturated rings. The summed E-state index contributed by atoms with van der Waals surface area (Å²) in [5.41, 5.74) is 1.25. The predicted molar refractivity (Wildman–Crippen MR) is 79.3 cm³/mol. The first-order valence-corrected chi connectivity index (χ1v) is 6.75. The van der Waals surface area contributed by atoms with Gasteiger partial charge in [0, 0.05) is 31.3 Å². The molecular weight excluding hydrogens is 280 g/mol. The molecule has 0 aliphatic rings. The molecule has 0 bridgehead atoms. The summed E-state index contributed by atoms with van der Waals surface area (Å²) in [4.78, 5) is 20.1. The summed E-state index contributed by atoms with van der Waals surface area (Å²) >= 11 is 0. The number of carbonyl (C=O) groups is 1. The van der Waals surface area contributed by atoms with Crippen LogP contribution >= 0.6 is 0 Å².